The minimum Gasteiger partial charge on any atom is -0.457 e. The van der Waals surface area contributed by atoms with Gasteiger partial charge in [-0.15, -0.1) is 0 Å². The Labute approximate surface area is 195 Å². The highest BCUT2D eigenvalue weighted by atomic mass is 19.1. The SMILES string of the molecule is Cc1c(Oc2ccnc(NC(=O)c3ccnn3C)c2)cccc1C(=O)NCc1cccc(F)c1. The average Bonchev–Trinajstić information content (AvgIpc) is 3.25. The lowest BCUT2D eigenvalue weighted by atomic mass is 10.1. The Morgan fingerprint density at radius 2 is 1.85 bits per heavy atom. The topological polar surface area (TPSA) is 98.1 Å². The fourth-order valence-corrected chi connectivity index (χ4v) is 3.34. The summed E-state index contributed by atoms with van der Waals surface area (Å²) in [6.07, 6.45) is 3.05. The minimum atomic E-state index is -0.355. The Hall–Kier alpha value is -4.53. The third-order valence-corrected chi connectivity index (χ3v) is 5.13. The predicted octanol–water partition coefficient (Wildman–Crippen LogP) is 4.24. The maximum absolute atomic E-state index is 13.4. The lowest BCUT2D eigenvalue weighted by molar-refractivity contribution is 0.0949. The standard InChI is InChI=1S/C25H22FN5O3/c1-16-20(24(32)28-15-17-5-3-6-18(26)13-17)7-4-8-22(16)34-19-9-11-27-23(14-19)30-25(33)21-10-12-29-31(21)2/h3-14H,15H2,1-2H3,(H,28,32)(H,27,30,33). The zero-order valence-electron chi connectivity index (χ0n) is 18.6. The number of aromatic nitrogens is 3. The average molecular weight is 459 g/mol. The van der Waals surface area contributed by atoms with Gasteiger partial charge in [0.15, 0.2) is 0 Å². The zero-order valence-corrected chi connectivity index (χ0v) is 18.6. The van der Waals surface area contributed by atoms with Crippen molar-refractivity contribution >= 4 is 17.6 Å². The van der Waals surface area contributed by atoms with Crippen LogP contribution in [0.1, 0.15) is 32.0 Å². The van der Waals surface area contributed by atoms with Gasteiger partial charge in [0.2, 0.25) is 0 Å². The third-order valence-electron chi connectivity index (χ3n) is 5.13. The molecule has 2 heterocycles. The molecule has 172 valence electrons. The van der Waals surface area contributed by atoms with Crippen molar-refractivity contribution < 1.29 is 18.7 Å². The molecule has 0 aliphatic heterocycles. The highest BCUT2D eigenvalue weighted by Gasteiger charge is 2.14. The molecule has 0 bridgehead atoms. The molecule has 2 aromatic carbocycles. The molecule has 0 radical (unpaired) electrons. The number of aryl methyl sites for hydroxylation is 1. The molecule has 4 rings (SSSR count). The van der Waals surface area contributed by atoms with Crippen LogP contribution in [-0.2, 0) is 13.6 Å². The van der Waals surface area contributed by atoms with Crippen LogP contribution in [0.3, 0.4) is 0 Å². The number of nitrogens with zero attached hydrogens (tertiary/aromatic N) is 3. The Balaban J connectivity index is 1.45. The molecule has 0 saturated heterocycles. The Morgan fingerprint density at radius 1 is 1.03 bits per heavy atom. The summed E-state index contributed by atoms with van der Waals surface area (Å²) in [5.41, 5.74) is 2.13. The second-order valence-corrected chi connectivity index (χ2v) is 7.51. The van der Waals surface area contributed by atoms with E-state index in [9.17, 15) is 14.0 Å². The monoisotopic (exact) mass is 459 g/mol. The number of ether oxygens (including phenoxy) is 1. The Morgan fingerprint density at radius 3 is 2.62 bits per heavy atom. The summed E-state index contributed by atoms with van der Waals surface area (Å²) in [5.74, 6) is 0.227. The number of pyridine rings is 1. The van der Waals surface area contributed by atoms with Gasteiger partial charge in [0, 0.05) is 43.2 Å². The number of halogens is 1. The van der Waals surface area contributed by atoms with Crippen LogP contribution in [0.2, 0.25) is 0 Å². The van der Waals surface area contributed by atoms with Crippen molar-refractivity contribution in [3.63, 3.8) is 0 Å². The normalized spacial score (nSPS) is 10.6. The van der Waals surface area contributed by atoms with Crippen LogP contribution < -0.4 is 15.4 Å². The molecule has 0 saturated carbocycles. The molecule has 0 aliphatic rings. The molecule has 4 aromatic rings. The number of hydrogen-bond donors (Lipinski definition) is 2. The summed E-state index contributed by atoms with van der Waals surface area (Å²) < 4.78 is 20.8. The first-order valence-corrected chi connectivity index (χ1v) is 10.5. The quantitative estimate of drug-likeness (QED) is 0.431. The Kier molecular flexibility index (Phi) is 6.63. The van der Waals surface area contributed by atoms with Gasteiger partial charge >= 0.3 is 0 Å². The van der Waals surface area contributed by atoms with Crippen molar-refractivity contribution in [3.8, 4) is 11.5 Å². The molecule has 0 fully saturated rings. The molecular formula is C25H22FN5O3. The molecule has 0 aliphatic carbocycles. The molecule has 2 amide bonds. The van der Waals surface area contributed by atoms with Gasteiger partial charge in [-0.1, -0.05) is 18.2 Å². The van der Waals surface area contributed by atoms with Gasteiger partial charge in [0.1, 0.15) is 28.8 Å². The van der Waals surface area contributed by atoms with Gasteiger partial charge in [-0.3, -0.25) is 14.3 Å². The molecule has 9 heteroatoms. The van der Waals surface area contributed by atoms with E-state index in [0.717, 1.165) is 0 Å². The molecule has 0 spiro atoms. The number of hydrogen-bond acceptors (Lipinski definition) is 5. The van der Waals surface area contributed by atoms with Crippen molar-refractivity contribution in [1.82, 2.24) is 20.1 Å². The van der Waals surface area contributed by atoms with E-state index in [1.54, 1.807) is 62.5 Å². The summed E-state index contributed by atoms with van der Waals surface area (Å²) >= 11 is 0. The molecule has 8 nitrogen and oxygen atoms in total. The summed E-state index contributed by atoms with van der Waals surface area (Å²) in [6, 6.07) is 16.0. The molecule has 34 heavy (non-hydrogen) atoms. The van der Waals surface area contributed by atoms with Gasteiger partial charge in [-0.25, -0.2) is 9.37 Å². The summed E-state index contributed by atoms with van der Waals surface area (Å²) in [7, 11) is 1.67. The van der Waals surface area contributed by atoms with Gasteiger partial charge in [0.05, 0.1) is 0 Å². The summed E-state index contributed by atoms with van der Waals surface area (Å²) in [6.45, 7) is 1.98. The molecule has 0 atom stereocenters. The van der Waals surface area contributed by atoms with Crippen molar-refractivity contribution in [2.24, 2.45) is 7.05 Å². The number of rotatable bonds is 7. The van der Waals surface area contributed by atoms with Crippen molar-refractivity contribution in [3.05, 3.63) is 101 Å². The zero-order chi connectivity index (χ0) is 24.1. The van der Waals surface area contributed by atoms with E-state index in [1.807, 2.05) is 0 Å². The second kappa shape index (κ2) is 9.95. The maximum Gasteiger partial charge on any atom is 0.275 e. The van der Waals surface area contributed by atoms with Crippen molar-refractivity contribution in [2.45, 2.75) is 13.5 Å². The van der Waals surface area contributed by atoms with E-state index in [4.69, 9.17) is 4.74 Å². The summed E-state index contributed by atoms with van der Waals surface area (Å²) in [4.78, 5) is 29.3. The number of amides is 2. The first-order chi connectivity index (χ1) is 16.4. The number of carbonyl (C=O) groups is 2. The van der Waals surface area contributed by atoms with E-state index in [1.165, 1.54) is 29.2 Å². The highest BCUT2D eigenvalue weighted by molar-refractivity contribution is 6.02. The fourth-order valence-electron chi connectivity index (χ4n) is 3.34. The van der Waals surface area contributed by atoms with Crippen LogP contribution in [0.25, 0.3) is 0 Å². The van der Waals surface area contributed by atoms with Gasteiger partial charge in [0.25, 0.3) is 11.8 Å². The second-order valence-electron chi connectivity index (χ2n) is 7.51. The van der Waals surface area contributed by atoms with E-state index in [0.29, 0.717) is 39.7 Å². The largest absolute Gasteiger partial charge is 0.457 e. The molecule has 2 aromatic heterocycles. The summed E-state index contributed by atoms with van der Waals surface area (Å²) in [5, 5.41) is 9.49. The predicted molar refractivity (Wildman–Crippen MR) is 124 cm³/mol. The first-order valence-electron chi connectivity index (χ1n) is 10.5. The number of anilines is 1. The lowest BCUT2D eigenvalue weighted by Crippen LogP contribution is -2.23. The van der Waals surface area contributed by atoms with Crippen LogP contribution in [0.15, 0.2) is 73.1 Å². The van der Waals surface area contributed by atoms with Gasteiger partial charge in [-0.05, 0) is 48.9 Å². The van der Waals surface area contributed by atoms with E-state index in [2.05, 4.69) is 20.7 Å². The number of carbonyl (C=O) groups excluding carboxylic acids is 2. The van der Waals surface area contributed by atoms with Crippen LogP contribution in [0, 0.1) is 12.7 Å². The van der Waals surface area contributed by atoms with Crippen LogP contribution in [0.5, 0.6) is 11.5 Å². The van der Waals surface area contributed by atoms with Crippen LogP contribution in [-0.4, -0.2) is 26.6 Å². The first kappa shape index (κ1) is 22.7. The Bertz CT molecular complexity index is 1350. The van der Waals surface area contributed by atoms with E-state index >= 15 is 0 Å². The highest BCUT2D eigenvalue weighted by Crippen LogP contribution is 2.28. The molecule has 0 unspecified atom stereocenters. The van der Waals surface area contributed by atoms with Crippen molar-refractivity contribution in [2.75, 3.05) is 5.32 Å². The minimum absolute atomic E-state index is 0.200. The van der Waals surface area contributed by atoms with E-state index in [-0.39, 0.29) is 24.2 Å². The van der Waals surface area contributed by atoms with Crippen LogP contribution >= 0.6 is 0 Å². The van der Waals surface area contributed by atoms with Crippen LogP contribution in [0.4, 0.5) is 10.2 Å². The number of benzene rings is 2. The van der Waals surface area contributed by atoms with Gasteiger partial charge < -0.3 is 15.4 Å². The van der Waals surface area contributed by atoms with E-state index < -0.39 is 0 Å². The smallest absolute Gasteiger partial charge is 0.275 e. The molecule has 2 N–H and O–H groups in total. The fraction of sp³-hybridized carbons (Fsp3) is 0.120. The lowest BCUT2D eigenvalue weighted by Gasteiger charge is -2.13. The van der Waals surface area contributed by atoms with Crippen molar-refractivity contribution in [1.29, 1.82) is 0 Å². The third kappa shape index (κ3) is 5.26. The molecular weight excluding hydrogens is 437 g/mol. The van der Waals surface area contributed by atoms with Gasteiger partial charge in [-0.2, -0.15) is 5.10 Å². The maximum atomic E-state index is 13.4. The number of nitrogens with one attached hydrogen (secondary N) is 2.